The molecule has 0 aliphatic rings. The lowest BCUT2D eigenvalue weighted by molar-refractivity contribution is -0.137. The molecule has 1 aromatic carbocycles. The largest absolute Gasteiger partial charge is 0.744 e. The lowest BCUT2D eigenvalue weighted by Gasteiger charge is -2.11. The standard InChI is InChI=1S/C7H4F4O3S/c8-5-2-1-4(7(9,10)11)3-6(5)15(12,13)14/h1-3H,(H,12,13,14)/p-1. The van der Waals surface area contributed by atoms with Crippen LogP contribution in [0, 0.1) is 5.82 Å². The molecule has 1 rings (SSSR count). The topological polar surface area (TPSA) is 57.2 Å². The summed E-state index contributed by atoms with van der Waals surface area (Å²) >= 11 is 0. The molecule has 84 valence electrons. The first kappa shape index (κ1) is 11.9. The lowest BCUT2D eigenvalue weighted by atomic mass is 10.2. The van der Waals surface area contributed by atoms with Crippen LogP contribution >= 0.6 is 0 Å². The van der Waals surface area contributed by atoms with Gasteiger partial charge in [0.1, 0.15) is 15.9 Å². The van der Waals surface area contributed by atoms with Gasteiger partial charge in [-0.1, -0.05) is 0 Å². The Balaban J connectivity index is 3.43. The summed E-state index contributed by atoms with van der Waals surface area (Å²) < 4.78 is 80.0. The van der Waals surface area contributed by atoms with Gasteiger partial charge in [0.05, 0.1) is 10.5 Å². The molecular weight excluding hydrogens is 240 g/mol. The zero-order valence-corrected chi connectivity index (χ0v) is 7.69. The molecule has 0 aliphatic heterocycles. The summed E-state index contributed by atoms with van der Waals surface area (Å²) in [6.07, 6.45) is -4.83. The van der Waals surface area contributed by atoms with Gasteiger partial charge >= 0.3 is 6.18 Å². The van der Waals surface area contributed by atoms with Crippen molar-refractivity contribution < 1.29 is 30.5 Å². The highest BCUT2D eigenvalue weighted by molar-refractivity contribution is 7.85. The number of halogens is 4. The van der Waals surface area contributed by atoms with E-state index < -0.39 is 32.6 Å². The molecule has 8 heteroatoms. The Bertz CT molecular complexity index is 477. The summed E-state index contributed by atoms with van der Waals surface area (Å²) in [5, 5.41) is 0. The predicted molar refractivity (Wildman–Crippen MR) is 39.4 cm³/mol. The Hall–Kier alpha value is -1.15. The van der Waals surface area contributed by atoms with E-state index in [9.17, 15) is 30.5 Å². The zero-order chi connectivity index (χ0) is 11.9. The van der Waals surface area contributed by atoms with Crippen LogP contribution in [0.15, 0.2) is 23.1 Å². The van der Waals surface area contributed by atoms with E-state index in [-0.39, 0.29) is 12.1 Å². The second kappa shape index (κ2) is 3.46. The van der Waals surface area contributed by atoms with Crippen molar-refractivity contribution in [1.82, 2.24) is 0 Å². The van der Waals surface area contributed by atoms with Crippen molar-refractivity contribution in [2.24, 2.45) is 0 Å². The van der Waals surface area contributed by atoms with Crippen molar-refractivity contribution >= 4 is 10.1 Å². The summed E-state index contributed by atoms with van der Waals surface area (Å²) in [7, 11) is -5.24. The summed E-state index contributed by atoms with van der Waals surface area (Å²) in [5.41, 5.74) is -1.39. The monoisotopic (exact) mass is 243 g/mol. The minimum atomic E-state index is -5.24. The average Bonchev–Trinajstić information content (AvgIpc) is 2.00. The van der Waals surface area contributed by atoms with E-state index in [4.69, 9.17) is 0 Å². The number of alkyl halides is 3. The maximum Gasteiger partial charge on any atom is 0.416 e. The van der Waals surface area contributed by atoms with Crippen molar-refractivity contribution in [3.8, 4) is 0 Å². The second-order valence-electron chi connectivity index (χ2n) is 2.60. The van der Waals surface area contributed by atoms with E-state index in [1.54, 1.807) is 0 Å². The molecule has 0 radical (unpaired) electrons. The summed E-state index contributed by atoms with van der Waals surface area (Å²) in [4.78, 5) is -1.50. The molecule has 0 bridgehead atoms. The third-order valence-corrected chi connectivity index (χ3v) is 2.38. The molecule has 15 heavy (non-hydrogen) atoms. The van der Waals surface area contributed by atoms with E-state index >= 15 is 0 Å². The highest BCUT2D eigenvalue weighted by Crippen LogP contribution is 2.31. The van der Waals surface area contributed by atoms with Gasteiger partial charge < -0.3 is 4.55 Å². The fourth-order valence-electron chi connectivity index (χ4n) is 0.871. The van der Waals surface area contributed by atoms with Crippen LogP contribution in [0.25, 0.3) is 0 Å². The van der Waals surface area contributed by atoms with Gasteiger partial charge in [-0.2, -0.15) is 13.2 Å². The molecule has 0 spiro atoms. The van der Waals surface area contributed by atoms with Gasteiger partial charge in [0.25, 0.3) is 0 Å². The quantitative estimate of drug-likeness (QED) is 0.557. The van der Waals surface area contributed by atoms with Gasteiger partial charge in [0.15, 0.2) is 0 Å². The van der Waals surface area contributed by atoms with Crippen molar-refractivity contribution in [3.63, 3.8) is 0 Å². The average molecular weight is 243 g/mol. The molecule has 0 aliphatic carbocycles. The van der Waals surface area contributed by atoms with Gasteiger partial charge in [0.2, 0.25) is 0 Å². The molecule has 0 saturated heterocycles. The van der Waals surface area contributed by atoms with Crippen molar-refractivity contribution in [2.75, 3.05) is 0 Å². The van der Waals surface area contributed by atoms with Crippen LogP contribution in [0.2, 0.25) is 0 Å². The van der Waals surface area contributed by atoms with Gasteiger partial charge in [-0.25, -0.2) is 12.8 Å². The molecular formula is C7H3F4O3S-. The summed E-state index contributed by atoms with van der Waals surface area (Å²) in [5.74, 6) is -1.50. The Morgan fingerprint density at radius 1 is 1.20 bits per heavy atom. The van der Waals surface area contributed by atoms with Gasteiger partial charge in [-0.15, -0.1) is 0 Å². The SMILES string of the molecule is O=S(=O)([O-])c1cc(C(F)(F)F)ccc1F. The van der Waals surface area contributed by atoms with Crippen LogP contribution in [0.3, 0.4) is 0 Å². The third-order valence-electron chi connectivity index (χ3n) is 1.53. The minimum Gasteiger partial charge on any atom is -0.744 e. The highest BCUT2D eigenvalue weighted by atomic mass is 32.2. The molecule has 0 amide bonds. The third kappa shape index (κ3) is 2.66. The fourth-order valence-corrected chi connectivity index (χ4v) is 1.45. The molecule has 0 fully saturated rings. The molecule has 0 unspecified atom stereocenters. The van der Waals surface area contributed by atoms with Crippen molar-refractivity contribution in [1.29, 1.82) is 0 Å². The molecule has 0 N–H and O–H groups in total. The van der Waals surface area contributed by atoms with E-state index in [0.29, 0.717) is 6.07 Å². The number of rotatable bonds is 1. The van der Waals surface area contributed by atoms with Crippen LogP contribution in [0.4, 0.5) is 17.6 Å². The molecule has 1 aromatic rings. The molecule has 3 nitrogen and oxygen atoms in total. The Morgan fingerprint density at radius 2 is 1.73 bits per heavy atom. The smallest absolute Gasteiger partial charge is 0.416 e. The number of hydrogen-bond acceptors (Lipinski definition) is 3. The molecule has 0 atom stereocenters. The van der Waals surface area contributed by atoms with Crippen LogP contribution in [-0.4, -0.2) is 13.0 Å². The minimum absolute atomic E-state index is 0.0301. The predicted octanol–water partition coefficient (Wildman–Crippen LogP) is 1.75. The maximum absolute atomic E-state index is 12.7. The zero-order valence-electron chi connectivity index (χ0n) is 6.88. The summed E-state index contributed by atoms with van der Waals surface area (Å²) in [6, 6.07) is 0.606. The lowest BCUT2D eigenvalue weighted by Crippen LogP contribution is -2.09. The summed E-state index contributed by atoms with van der Waals surface area (Å²) in [6.45, 7) is 0. The van der Waals surface area contributed by atoms with Gasteiger partial charge in [0, 0.05) is 0 Å². The fraction of sp³-hybridized carbons (Fsp3) is 0.143. The molecule has 0 aromatic heterocycles. The first-order valence-electron chi connectivity index (χ1n) is 3.45. The molecule has 0 heterocycles. The van der Waals surface area contributed by atoms with Crippen LogP contribution in [0.1, 0.15) is 5.56 Å². The number of benzene rings is 1. The van der Waals surface area contributed by atoms with Crippen LogP contribution < -0.4 is 0 Å². The van der Waals surface area contributed by atoms with Crippen LogP contribution in [-0.2, 0) is 16.3 Å². The maximum atomic E-state index is 12.7. The van der Waals surface area contributed by atoms with Crippen molar-refractivity contribution in [3.05, 3.63) is 29.6 Å². The van der Waals surface area contributed by atoms with Crippen LogP contribution in [0.5, 0.6) is 0 Å². The Kier molecular flexibility index (Phi) is 2.75. The highest BCUT2D eigenvalue weighted by Gasteiger charge is 2.31. The number of hydrogen-bond donors (Lipinski definition) is 0. The first-order chi connectivity index (χ1) is 6.62. The first-order valence-corrected chi connectivity index (χ1v) is 4.86. The molecule has 0 saturated carbocycles. The van der Waals surface area contributed by atoms with E-state index in [0.717, 1.165) is 0 Å². The van der Waals surface area contributed by atoms with Crippen molar-refractivity contribution in [2.45, 2.75) is 11.1 Å². The van der Waals surface area contributed by atoms with Gasteiger partial charge in [-0.05, 0) is 18.2 Å². The van der Waals surface area contributed by atoms with E-state index in [1.807, 2.05) is 0 Å². The van der Waals surface area contributed by atoms with E-state index in [1.165, 1.54) is 0 Å². The Morgan fingerprint density at radius 3 is 2.13 bits per heavy atom. The van der Waals surface area contributed by atoms with Gasteiger partial charge in [-0.3, -0.25) is 0 Å². The Labute approximate surface area is 82.1 Å². The second-order valence-corrected chi connectivity index (χ2v) is 3.95. The van der Waals surface area contributed by atoms with E-state index in [2.05, 4.69) is 0 Å². The normalized spacial score (nSPS) is 12.9.